The van der Waals surface area contributed by atoms with Crippen molar-refractivity contribution in [2.45, 2.75) is 50.7 Å². The lowest BCUT2D eigenvalue weighted by Crippen LogP contribution is -2.51. The average molecular weight is 506 g/mol. The summed E-state index contributed by atoms with van der Waals surface area (Å²) in [5, 5.41) is 3.50. The van der Waals surface area contributed by atoms with Crippen molar-refractivity contribution >= 4 is 51.6 Å². The van der Waals surface area contributed by atoms with Crippen LogP contribution in [0.15, 0.2) is 36.7 Å². The van der Waals surface area contributed by atoms with E-state index in [0.717, 1.165) is 42.0 Å². The molecule has 2 unspecified atom stereocenters. The Hall–Kier alpha value is -2.59. The number of thiol groups is 1. The minimum Gasteiger partial charge on any atom is -0.295 e. The molecular weight excluding hydrogens is 478 g/mol. The summed E-state index contributed by atoms with van der Waals surface area (Å²) in [6.07, 6.45) is 5.86. The van der Waals surface area contributed by atoms with Gasteiger partial charge < -0.3 is 0 Å². The van der Waals surface area contributed by atoms with E-state index in [9.17, 15) is 9.59 Å². The van der Waals surface area contributed by atoms with E-state index in [4.69, 9.17) is 12.6 Å². The second kappa shape index (κ2) is 9.13. The van der Waals surface area contributed by atoms with E-state index < -0.39 is 0 Å². The first-order chi connectivity index (χ1) is 17.0. The quantitative estimate of drug-likeness (QED) is 0.415. The summed E-state index contributed by atoms with van der Waals surface area (Å²) in [5.74, 6) is -0.392. The van der Waals surface area contributed by atoms with E-state index in [1.165, 1.54) is 27.1 Å². The lowest BCUT2D eigenvalue weighted by molar-refractivity contribution is -0.137. The van der Waals surface area contributed by atoms with Crippen LogP contribution in [-0.2, 0) is 22.7 Å². The molecule has 35 heavy (non-hydrogen) atoms. The van der Waals surface area contributed by atoms with Gasteiger partial charge in [0.2, 0.25) is 11.8 Å². The third-order valence-corrected chi connectivity index (χ3v) is 8.83. The summed E-state index contributed by atoms with van der Waals surface area (Å²) in [5.41, 5.74) is 6.07. The normalized spacial score (nSPS) is 23.4. The van der Waals surface area contributed by atoms with Crippen molar-refractivity contribution in [1.82, 2.24) is 25.1 Å². The Morgan fingerprint density at radius 1 is 1.23 bits per heavy atom. The maximum absolute atomic E-state index is 12.5. The number of carbonyl (C=O) groups excluding carboxylic acids is 2. The van der Waals surface area contributed by atoms with Crippen molar-refractivity contribution in [3.8, 4) is 0 Å². The molecule has 0 bridgehead atoms. The third kappa shape index (κ3) is 4.20. The van der Waals surface area contributed by atoms with E-state index in [0.29, 0.717) is 19.4 Å². The van der Waals surface area contributed by atoms with Crippen molar-refractivity contribution in [3.63, 3.8) is 0 Å². The summed E-state index contributed by atoms with van der Waals surface area (Å²) in [7, 11) is 0. The summed E-state index contributed by atoms with van der Waals surface area (Å²) < 4.78 is 0. The number of thiophene rings is 1. The molecule has 5 heterocycles. The Bertz CT molecular complexity index is 1370. The number of amides is 2. The number of imide groups is 1. The van der Waals surface area contributed by atoms with Crippen LogP contribution in [0.1, 0.15) is 51.9 Å². The third-order valence-electron chi connectivity index (χ3n) is 7.30. The SMILES string of the molecule is Cc1cc2c(C3=CCN(Cc4cccc5c4CN(C4CCC(=O)NC4=O)C5S)CC3)ncnc2s1. The van der Waals surface area contributed by atoms with Crippen molar-refractivity contribution < 1.29 is 9.59 Å². The van der Waals surface area contributed by atoms with Gasteiger partial charge in [0.05, 0.1) is 17.1 Å². The molecule has 0 spiro atoms. The molecule has 9 heteroatoms. The number of rotatable bonds is 4. The van der Waals surface area contributed by atoms with Gasteiger partial charge >= 0.3 is 0 Å². The van der Waals surface area contributed by atoms with Gasteiger partial charge in [-0.15, -0.1) is 11.3 Å². The molecule has 0 aliphatic carbocycles. The number of hydrogen-bond acceptors (Lipinski definition) is 8. The van der Waals surface area contributed by atoms with Crippen LogP contribution < -0.4 is 5.32 Å². The van der Waals surface area contributed by atoms with Crippen LogP contribution in [0, 0.1) is 6.92 Å². The van der Waals surface area contributed by atoms with E-state index in [1.54, 1.807) is 17.7 Å². The molecule has 0 radical (unpaired) electrons. The predicted octanol–water partition coefficient (Wildman–Crippen LogP) is 3.84. The van der Waals surface area contributed by atoms with Gasteiger partial charge in [-0.2, -0.15) is 12.6 Å². The van der Waals surface area contributed by atoms with Crippen LogP contribution in [0.2, 0.25) is 0 Å². The highest BCUT2D eigenvalue weighted by atomic mass is 32.1. The first-order valence-electron chi connectivity index (χ1n) is 12.0. The standard InChI is InChI=1S/C26H27N5O2S2/c1-15-11-19-23(27-14-28-25(19)35-15)16-7-9-30(10-8-16)12-17-3-2-4-18-20(17)13-31(26(18)34)21-5-6-22(32)29-24(21)33/h2-4,7,11,14,21,26,34H,5-6,8-10,12-13H2,1H3,(H,29,32,33). The number of benzene rings is 1. The number of aromatic nitrogens is 2. The molecular formula is C26H27N5O2S2. The zero-order valence-corrected chi connectivity index (χ0v) is 21.2. The average Bonchev–Trinajstić information content (AvgIpc) is 3.39. The second-order valence-corrected chi connectivity index (χ2v) is 11.2. The van der Waals surface area contributed by atoms with E-state index >= 15 is 0 Å². The molecule has 1 N–H and O–H groups in total. The van der Waals surface area contributed by atoms with Crippen molar-refractivity contribution in [2.75, 3.05) is 13.1 Å². The van der Waals surface area contributed by atoms with Gasteiger partial charge in [-0.3, -0.25) is 24.7 Å². The maximum Gasteiger partial charge on any atom is 0.243 e. The molecule has 2 atom stereocenters. The number of nitrogens with one attached hydrogen (secondary N) is 1. The molecule has 0 saturated carbocycles. The van der Waals surface area contributed by atoms with Gasteiger partial charge in [0.1, 0.15) is 11.2 Å². The second-order valence-electron chi connectivity index (χ2n) is 9.51. The molecule has 180 valence electrons. The highest BCUT2D eigenvalue weighted by molar-refractivity contribution is 7.80. The summed E-state index contributed by atoms with van der Waals surface area (Å²) in [6, 6.07) is 8.26. The number of fused-ring (bicyclic) bond motifs is 2. The molecule has 3 aliphatic heterocycles. The van der Waals surface area contributed by atoms with Crippen LogP contribution in [-0.4, -0.2) is 50.7 Å². The van der Waals surface area contributed by atoms with E-state index in [-0.39, 0.29) is 23.2 Å². The Kier molecular flexibility index (Phi) is 5.96. The van der Waals surface area contributed by atoms with Gasteiger partial charge in [0, 0.05) is 42.9 Å². The zero-order valence-electron chi connectivity index (χ0n) is 19.5. The van der Waals surface area contributed by atoms with E-state index in [1.807, 2.05) is 0 Å². The first-order valence-corrected chi connectivity index (χ1v) is 13.3. The summed E-state index contributed by atoms with van der Waals surface area (Å²) >= 11 is 6.58. The number of aryl methyl sites for hydroxylation is 1. The molecule has 1 aromatic carbocycles. The molecule has 7 nitrogen and oxygen atoms in total. The van der Waals surface area contributed by atoms with Gasteiger partial charge in [-0.05, 0) is 48.1 Å². The molecule has 6 rings (SSSR count). The van der Waals surface area contributed by atoms with Crippen LogP contribution in [0.3, 0.4) is 0 Å². The van der Waals surface area contributed by atoms with Gasteiger partial charge in [-0.25, -0.2) is 9.97 Å². The number of piperidine rings is 1. The van der Waals surface area contributed by atoms with Crippen LogP contribution in [0.25, 0.3) is 15.8 Å². The Morgan fingerprint density at radius 3 is 2.91 bits per heavy atom. The monoisotopic (exact) mass is 505 g/mol. The van der Waals surface area contributed by atoms with Gasteiger partial charge in [0.25, 0.3) is 0 Å². The van der Waals surface area contributed by atoms with Gasteiger partial charge in [0.15, 0.2) is 0 Å². The minimum atomic E-state index is -0.318. The summed E-state index contributed by atoms with van der Waals surface area (Å²) in [6.45, 7) is 5.48. The number of hydrogen-bond donors (Lipinski definition) is 2. The largest absolute Gasteiger partial charge is 0.295 e. The summed E-state index contributed by atoms with van der Waals surface area (Å²) in [4.78, 5) is 40.0. The fraction of sp³-hybridized carbons (Fsp3) is 0.385. The Balaban J connectivity index is 1.19. The highest BCUT2D eigenvalue weighted by Gasteiger charge is 2.39. The molecule has 2 aromatic heterocycles. The topological polar surface area (TPSA) is 78.4 Å². The fourth-order valence-electron chi connectivity index (χ4n) is 5.51. The molecule has 3 aromatic rings. The molecule has 2 amide bonds. The van der Waals surface area contributed by atoms with Crippen molar-refractivity contribution in [2.24, 2.45) is 0 Å². The Morgan fingerprint density at radius 2 is 2.11 bits per heavy atom. The van der Waals surface area contributed by atoms with Gasteiger partial charge in [-0.1, -0.05) is 24.3 Å². The Labute approximate surface area is 213 Å². The number of carbonyl (C=O) groups is 2. The minimum absolute atomic E-state index is 0.143. The predicted molar refractivity (Wildman–Crippen MR) is 140 cm³/mol. The van der Waals surface area contributed by atoms with Crippen molar-refractivity contribution in [3.05, 3.63) is 63.9 Å². The van der Waals surface area contributed by atoms with Crippen LogP contribution in [0.5, 0.6) is 0 Å². The van der Waals surface area contributed by atoms with Crippen molar-refractivity contribution in [1.29, 1.82) is 0 Å². The van der Waals surface area contributed by atoms with Crippen LogP contribution in [0.4, 0.5) is 0 Å². The molecule has 3 aliphatic rings. The first kappa shape index (κ1) is 22.8. The smallest absolute Gasteiger partial charge is 0.243 e. The fourth-order valence-corrected chi connectivity index (χ4v) is 6.84. The lowest BCUT2D eigenvalue weighted by Gasteiger charge is -2.32. The maximum atomic E-state index is 12.5. The van der Waals surface area contributed by atoms with E-state index in [2.05, 4.69) is 62.3 Å². The zero-order chi connectivity index (χ0) is 24.1. The number of nitrogens with zero attached hydrogens (tertiary/aromatic N) is 4. The van der Waals surface area contributed by atoms with Crippen LogP contribution >= 0.6 is 24.0 Å². The lowest BCUT2D eigenvalue weighted by atomic mass is 10.00. The highest BCUT2D eigenvalue weighted by Crippen LogP contribution is 2.41. The molecule has 1 fully saturated rings. The molecule has 1 saturated heterocycles.